The summed E-state index contributed by atoms with van der Waals surface area (Å²) in [6.07, 6.45) is 2.56. The van der Waals surface area contributed by atoms with Gasteiger partial charge in [-0.15, -0.1) is 0 Å². The predicted octanol–water partition coefficient (Wildman–Crippen LogP) is 3.65. The largest absolute Gasteiger partial charge is 0.512 e. The molecule has 1 aromatic rings. The Bertz CT molecular complexity index is 973. The third kappa shape index (κ3) is 2.76. The topological polar surface area (TPSA) is 116 Å². The van der Waals surface area contributed by atoms with Gasteiger partial charge in [-0.05, 0) is 12.8 Å². The number of Topliss-reactive ketones (excluding diaryl/α,β-unsaturated/α-hetero) is 2. The highest BCUT2D eigenvalue weighted by Gasteiger charge is 2.43. The maximum atomic E-state index is 12.8. The van der Waals surface area contributed by atoms with Crippen LogP contribution in [0.15, 0.2) is 34.8 Å². The number of aliphatic hydroxyl groups excluding tert-OH is 1. The minimum absolute atomic E-state index is 0.0650. The quantitative estimate of drug-likeness (QED) is 0.623. The summed E-state index contributed by atoms with van der Waals surface area (Å²) in [7, 11) is 1.37. The number of carbonyl (C=O) groups excluding carboxylic acids is 2. The number of rotatable bonds is 3. The molecule has 0 aromatic heterocycles. The summed E-state index contributed by atoms with van der Waals surface area (Å²) in [6, 6.07) is 2.55. The van der Waals surface area contributed by atoms with Crippen LogP contribution in [0.4, 0.5) is 5.69 Å². The minimum Gasteiger partial charge on any atom is -0.512 e. The maximum absolute atomic E-state index is 12.8. The molecule has 3 aliphatic rings. The average Bonchev–Trinajstić information content (AvgIpc) is 2.66. The van der Waals surface area contributed by atoms with Gasteiger partial charge in [0.05, 0.1) is 29.8 Å². The van der Waals surface area contributed by atoms with Crippen molar-refractivity contribution in [2.45, 2.75) is 44.4 Å². The van der Waals surface area contributed by atoms with E-state index in [4.69, 9.17) is 9.47 Å². The molecule has 1 atom stereocenters. The number of methoxy groups -OCH3 is 1. The lowest BCUT2D eigenvalue weighted by atomic mass is 9.73. The Kier molecular flexibility index (Phi) is 4.41. The van der Waals surface area contributed by atoms with Crippen LogP contribution in [0.3, 0.4) is 0 Å². The average molecular weight is 385 g/mol. The number of hydrogen-bond donors (Lipinski definition) is 1. The zero-order chi connectivity index (χ0) is 20.0. The number of nitrogens with zero attached hydrogens (tertiary/aromatic N) is 1. The molecule has 1 N–H and O–H groups in total. The molecule has 0 bridgehead atoms. The first-order valence-electron chi connectivity index (χ1n) is 9.18. The van der Waals surface area contributed by atoms with Crippen LogP contribution in [-0.2, 0) is 9.59 Å². The van der Waals surface area contributed by atoms with E-state index in [1.54, 1.807) is 0 Å². The first-order chi connectivity index (χ1) is 13.4. The molecule has 0 saturated heterocycles. The summed E-state index contributed by atoms with van der Waals surface area (Å²) in [5.74, 6) is -0.511. The lowest BCUT2D eigenvalue weighted by molar-refractivity contribution is -0.385. The van der Waals surface area contributed by atoms with Gasteiger partial charge in [0.1, 0.15) is 5.76 Å². The normalized spacial score (nSPS) is 21.8. The van der Waals surface area contributed by atoms with E-state index < -0.39 is 10.8 Å². The number of allylic oxidation sites excluding steroid dienone is 4. The Morgan fingerprint density at radius 1 is 1.11 bits per heavy atom. The molecule has 0 saturated carbocycles. The fourth-order valence-electron chi connectivity index (χ4n) is 4.20. The standard InChI is InChI=1S/C20H19NO7/c1-27-16-9-10(21(25)26)8-11-17(18-12(22)4-2-5-13(18)23)19-14(24)6-3-7-15(19)28-20(11)16/h8-9,17,22H,2-7H2,1H3. The van der Waals surface area contributed by atoms with Gasteiger partial charge in [-0.2, -0.15) is 0 Å². The van der Waals surface area contributed by atoms with Gasteiger partial charge < -0.3 is 14.6 Å². The van der Waals surface area contributed by atoms with Crippen LogP contribution in [0, 0.1) is 10.1 Å². The molecule has 8 heteroatoms. The van der Waals surface area contributed by atoms with E-state index >= 15 is 0 Å². The van der Waals surface area contributed by atoms with Crippen molar-refractivity contribution in [3.63, 3.8) is 0 Å². The van der Waals surface area contributed by atoms with Crippen LogP contribution in [0.25, 0.3) is 0 Å². The Morgan fingerprint density at radius 3 is 2.43 bits per heavy atom. The van der Waals surface area contributed by atoms with Crippen molar-refractivity contribution in [3.8, 4) is 11.5 Å². The second-order valence-corrected chi connectivity index (χ2v) is 7.11. The Morgan fingerprint density at radius 2 is 1.79 bits per heavy atom. The van der Waals surface area contributed by atoms with Crippen molar-refractivity contribution in [2.24, 2.45) is 0 Å². The molecule has 0 amide bonds. The summed E-state index contributed by atoms with van der Waals surface area (Å²) in [4.78, 5) is 36.3. The van der Waals surface area contributed by atoms with Crippen molar-refractivity contribution in [3.05, 3.63) is 50.5 Å². The highest BCUT2D eigenvalue weighted by Crippen LogP contribution is 2.52. The number of hydrogen-bond acceptors (Lipinski definition) is 7. The lowest BCUT2D eigenvalue weighted by Crippen LogP contribution is -2.30. The van der Waals surface area contributed by atoms with Gasteiger partial charge in [-0.3, -0.25) is 19.7 Å². The second kappa shape index (κ2) is 6.78. The van der Waals surface area contributed by atoms with Crippen molar-refractivity contribution >= 4 is 17.3 Å². The summed E-state index contributed by atoms with van der Waals surface area (Å²) >= 11 is 0. The summed E-state index contributed by atoms with van der Waals surface area (Å²) < 4.78 is 11.2. The molecule has 1 unspecified atom stereocenters. The van der Waals surface area contributed by atoms with Crippen LogP contribution in [-0.4, -0.2) is 28.7 Å². The fraction of sp³-hybridized carbons (Fsp3) is 0.400. The number of carbonyl (C=O) groups is 2. The summed E-state index contributed by atoms with van der Waals surface area (Å²) in [6.45, 7) is 0. The summed E-state index contributed by atoms with van der Waals surface area (Å²) in [5, 5.41) is 21.9. The molecule has 0 fully saturated rings. The van der Waals surface area contributed by atoms with Gasteiger partial charge in [0, 0.05) is 48.5 Å². The summed E-state index contributed by atoms with van der Waals surface area (Å²) in [5.41, 5.74) is 0.524. The monoisotopic (exact) mass is 385 g/mol. The van der Waals surface area contributed by atoms with Crippen LogP contribution in [0.1, 0.15) is 50.0 Å². The molecule has 0 radical (unpaired) electrons. The van der Waals surface area contributed by atoms with E-state index in [1.165, 1.54) is 19.2 Å². The highest BCUT2D eigenvalue weighted by molar-refractivity contribution is 6.05. The van der Waals surface area contributed by atoms with Crippen LogP contribution in [0.5, 0.6) is 11.5 Å². The lowest BCUT2D eigenvalue weighted by Gasteiger charge is -2.35. The molecular formula is C20H19NO7. The van der Waals surface area contributed by atoms with Crippen molar-refractivity contribution in [2.75, 3.05) is 7.11 Å². The third-order valence-corrected chi connectivity index (χ3v) is 5.45. The van der Waals surface area contributed by atoms with E-state index in [0.717, 1.165) is 0 Å². The number of aliphatic hydroxyl groups is 1. The van der Waals surface area contributed by atoms with Crippen LogP contribution >= 0.6 is 0 Å². The van der Waals surface area contributed by atoms with Crippen LogP contribution in [0.2, 0.25) is 0 Å². The van der Waals surface area contributed by atoms with E-state index in [2.05, 4.69) is 0 Å². The number of benzene rings is 1. The van der Waals surface area contributed by atoms with Crippen LogP contribution < -0.4 is 9.47 Å². The van der Waals surface area contributed by atoms with Gasteiger partial charge in [0.15, 0.2) is 23.1 Å². The molecular weight excluding hydrogens is 366 g/mol. The predicted molar refractivity (Wildman–Crippen MR) is 97.4 cm³/mol. The van der Waals surface area contributed by atoms with E-state index in [-0.39, 0.29) is 46.5 Å². The Hall–Kier alpha value is -3.16. The molecule has 8 nitrogen and oxygen atoms in total. The number of nitro groups is 1. The van der Waals surface area contributed by atoms with Gasteiger partial charge in [-0.1, -0.05) is 0 Å². The molecule has 4 rings (SSSR count). The zero-order valence-electron chi connectivity index (χ0n) is 15.3. The van der Waals surface area contributed by atoms with Crippen molar-refractivity contribution < 1.29 is 29.1 Å². The molecule has 146 valence electrons. The van der Waals surface area contributed by atoms with E-state index in [9.17, 15) is 24.8 Å². The number of non-ortho nitro benzene ring substituents is 1. The molecule has 2 aliphatic carbocycles. The third-order valence-electron chi connectivity index (χ3n) is 5.45. The van der Waals surface area contributed by atoms with Gasteiger partial charge >= 0.3 is 0 Å². The number of nitro benzene ring substituents is 1. The Balaban J connectivity index is 2.02. The molecule has 1 aromatic carbocycles. The first kappa shape index (κ1) is 18.2. The molecule has 1 heterocycles. The van der Waals surface area contributed by atoms with Crippen molar-refractivity contribution in [1.82, 2.24) is 0 Å². The smallest absolute Gasteiger partial charge is 0.273 e. The first-order valence-corrected chi connectivity index (χ1v) is 9.18. The number of ketones is 2. The van der Waals surface area contributed by atoms with E-state index in [0.29, 0.717) is 49.0 Å². The molecule has 28 heavy (non-hydrogen) atoms. The molecule has 1 aliphatic heterocycles. The Labute approximate surface area is 160 Å². The zero-order valence-corrected chi connectivity index (χ0v) is 15.3. The second-order valence-electron chi connectivity index (χ2n) is 7.11. The van der Waals surface area contributed by atoms with Gasteiger partial charge in [0.25, 0.3) is 5.69 Å². The molecule has 0 spiro atoms. The number of ether oxygens (including phenoxy) is 2. The van der Waals surface area contributed by atoms with Crippen molar-refractivity contribution in [1.29, 1.82) is 0 Å². The van der Waals surface area contributed by atoms with Gasteiger partial charge in [0.2, 0.25) is 0 Å². The SMILES string of the molecule is COc1cc([N+](=O)[O-])cc2c1OC1=C(C(=O)CCC1)C2C1=C(O)CCCC1=O. The fourth-order valence-corrected chi connectivity index (χ4v) is 4.20. The van der Waals surface area contributed by atoms with Gasteiger partial charge in [-0.25, -0.2) is 0 Å². The maximum Gasteiger partial charge on any atom is 0.273 e. The minimum atomic E-state index is -0.881. The van der Waals surface area contributed by atoms with E-state index in [1.807, 2.05) is 0 Å². The number of fused-ring (bicyclic) bond motifs is 1. The highest BCUT2D eigenvalue weighted by atomic mass is 16.6.